The van der Waals surface area contributed by atoms with Crippen molar-refractivity contribution in [3.8, 4) is 5.75 Å². The van der Waals surface area contributed by atoms with Gasteiger partial charge in [0.1, 0.15) is 5.75 Å². The number of nitrogens with zero attached hydrogens (tertiary/aromatic N) is 1. The second-order valence-electron chi connectivity index (χ2n) is 5.79. The Morgan fingerprint density at radius 3 is 2.80 bits per heavy atom. The van der Waals surface area contributed by atoms with Crippen molar-refractivity contribution in [2.24, 2.45) is 11.8 Å². The van der Waals surface area contributed by atoms with Gasteiger partial charge in [0.05, 0.1) is 12.3 Å². The average molecular weight is 276 g/mol. The van der Waals surface area contributed by atoms with Crippen LogP contribution in [0.4, 0.5) is 5.69 Å². The highest BCUT2D eigenvalue weighted by Gasteiger charge is 2.30. The fraction of sp³-hybridized carbons (Fsp3) is 0.562. The van der Waals surface area contributed by atoms with Crippen LogP contribution in [-0.2, 0) is 4.79 Å². The Kier molecular flexibility index (Phi) is 4.88. The molecule has 1 saturated heterocycles. The lowest BCUT2D eigenvalue weighted by molar-refractivity contribution is -0.127. The number of hydrogen-bond acceptors (Lipinski definition) is 3. The number of likely N-dealkylation sites (tertiary alicyclic amines) is 1. The van der Waals surface area contributed by atoms with Crippen molar-refractivity contribution in [1.82, 2.24) is 4.90 Å². The third-order valence-corrected chi connectivity index (χ3v) is 3.94. The van der Waals surface area contributed by atoms with E-state index in [0.717, 1.165) is 25.3 Å². The Hall–Kier alpha value is -1.71. The predicted octanol–water partition coefficient (Wildman–Crippen LogP) is 2.54. The zero-order chi connectivity index (χ0) is 14.5. The molecule has 1 aromatic rings. The lowest BCUT2D eigenvalue weighted by Gasteiger charge is -2.18. The molecule has 1 aliphatic rings. The normalized spacial score (nSPS) is 18.9. The summed E-state index contributed by atoms with van der Waals surface area (Å²) in [4.78, 5) is 13.8. The van der Waals surface area contributed by atoms with E-state index in [2.05, 4.69) is 13.8 Å². The number of carbonyl (C=O) groups excluding carboxylic acids is 1. The summed E-state index contributed by atoms with van der Waals surface area (Å²) in [5.41, 5.74) is 6.47. The molecule has 0 aliphatic carbocycles. The molecule has 1 aliphatic heterocycles. The van der Waals surface area contributed by atoms with Crippen molar-refractivity contribution in [2.75, 3.05) is 25.4 Å². The zero-order valence-corrected chi connectivity index (χ0v) is 12.3. The van der Waals surface area contributed by atoms with E-state index >= 15 is 0 Å². The smallest absolute Gasteiger partial charge is 0.222 e. The minimum atomic E-state index is 0.280. The number of hydrogen-bond donors (Lipinski definition) is 1. The van der Waals surface area contributed by atoms with Gasteiger partial charge in [0, 0.05) is 19.5 Å². The van der Waals surface area contributed by atoms with Crippen LogP contribution in [0.15, 0.2) is 24.3 Å². The maximum Gasteiger partial charge on any atom is 0.222 e. The molecule has 4 nitrogen and oxygen atoms in total. The fourth-order valence-electron chi connectivity index (χ4n) is 2.51. The molecule has 110 valence electrons. The van der Waals surface area contributed by atoms with Crippen LogP contribution < -0.4 is 10.5 Å². The van der Waals surface area contributed by atoms with Crippen LogP contribution in [0.5, 0.6) is 5.75 Å². The Labute approximate surface area is 120 Å². The monoisotopic (exact) mass is 276 g/mol. The second-order valence-corrected chi connectivity index (χ2v) is 5.79. The standard InChI is InChI=1S/C16H24N2O2/c1-12(2)13-10-16(19)18(11-13)8-5-9-20-15-7-4-3-6-14(15)17/h3-4,6-7,12-13H,5,8-11,17H2,1-2H3. The molecule has 0 radical (unpaired) electrons. The summed E-state index contributed by atoms with van der Waals surface area (Å²) < 4.78 is 5.64. The Balaban J connectivity index is 1.72. The van der Waals surface area contributed by atoms with E-state index in [-0.39, 0.29) is 5.91 Å². The van der Waals surface area contributed by atoms with E-state index in [4.69, 9.17) is 10.5 Å². The number of nitrogen functional groups attached to an aromatic ring is 1. The molecule has 2 rings (SSSR count). The lowest BCUT2D eigenvalue weighted by atomic mass is 9.95. The summed E-state index contributed by atoms with van der Waals surface area (Å²) in [5.74, 6) is 2.08. The number of carbonyl (C=O) groups is 1. The van der Waals surface area contributed by atoms with Crippen LogP contribution in [-0.4, -0.2) is 30.5 Å². The van der Waals surface area contributed by atoms with Gasteiger partial charge in [-0.15, -0.1) is 0 Å². The molecule has 20 heavy (non-hydrogen) atoms. The first-order valence-electron chi connectivity index (χ1n) is 7.33. The largest absolute Gasteiger partial charge is 0.491 e. The van der Waals surface area contributed by atoms with E-state index in [1.807, 2.05) is 29.2 Å². The first-order chi connectivity index (χ1) is 9.58. The summed E-state index contributed by atoms with van der Waals surface area (Å²) in [6.45, 7) is 6.62. The van der Waals surface area contributed by atoms with Crippen molar-refractivity contribution < 1.29 is 9.53 Å². The quantitative estimate of drug-likeness (QED) is 0.641. The first kappa shape index (κ1) is 14.7. The van der Waals surface area contributed by atoms with Crippen LogP contribution in [0.25, 0.3) is 0 Å². The van der Waals surface area contributed by atoms with Gasteiger partial charge in [-0.3, -0.25) is 4.79 Å². The summed E-state index contributed by atoms with van der Waals surface area (Å²) in [6.07, 6.45) is 1.54. The number of para-hydroxylation sites is 2. The number of amides is 1. The van der Waals surface area contributed by atoms with E-state index in [1.165, 1.54) is 0 Å². The van der Waals surface area contributed by atoms with Crippen LogP contribution in [0.2, 0.25) is 0 Å². The molecule has 0 spiro atoms. The van der Waals surface area contributed by atoms with E-state index < -0.39 is 0 Å². The zero-order valence-electron chi connectivity index (χ0n) is 12.3. The van der Waals surface area contributed by atoms with Gasteiger partial charge in [-0.2, -0.15) is 0 Å². The molecular formula is C16H24N2O2. The summed E-state index contributed by atoms with van der Waals surface area (Å²) in [5, 5.41) is 0. The van der Waals surface area contributed by atoms with Gasteiger partial charge in [-0.25, -0.2) is 0 Å². The number of benzene rings is 1. The highest BCUT2D eigenvalue weighted by atomic mass is 16.5. The van der Waals surface area contributed by atoms with Gasteiger partial charge in [0.25, 0.3) is 0 Å². The molecule has 2 N–H and O–H groups in total. The van der Waals surface area contributed by atoms with E-state index in [1.54, 1.807) is 0 Å². The van der Waals surface area contributed by atoms with Crippen LogP contribution in [0.1, 0.15) is 26.7 Å². The maximum absolute atomic E-state index is 11.9. The third kappa shape index (κ3) is 3.65. The minimum absolute atomic E-state index is 0.280. The Morgan fingerprint density at radius 1 is 1.40 bits per heavy atom. The molecule has 0 saturated carbocycles. The molecule has 1 aromatic carbocycles. The second kappa shape index (κ2) is 6.64. The molecule has 1 fully saturated rings. The summed E-state index contributed by atoms with van der Waals surface area (Å²) in [7, 11) is 0. The van der Waals surface area contributed by atoms with Crippen LogP contribution in [0, 0.1) is 11.8 Å². The third-order valence-electron chi connectivity index (χ3n) is 3.94. The summed E-state index contributed by atoms with van der Waals surface area (Å²) >= 11 is 0. The molecule has 1 heterocycles. The number of rotatable bonds is 6. The molecule has 0 bridgehead atoms. The van der Waals surface area contributed by atoms with Gasteiger partial charge < -0.3 is 15.4 Å². The van der Waals surface area contributed by atoms with Gasteiger partial charge in [0.15, 0.2) is 0 Å². The van der Waals surface area contributed by atoms with Crippen LogP contribution >= 0.6 is 0 Å². The van der Waals surface area contributed by atoms with Crippen molar-refractivity contribution in [3.05, 3.63) is 24.3 Å². The van der Waals surface area contributed by atoms with Gasteiger partial charge >= 0.3 is 0 Å². The number of anilines is 1. The topological polar surface area (TPSA) is 55.6 Å². The molecule has 4 heteroatoms. The van der Waals surface area contributed by atoms with Gasteiger partial charge in [-0.1, -0.05) is 26.0 Å². The molecule has 1 unspecified atom stereocenters. The fourth-order valence-corrected chi connectivity index (χ4v) is 2.51. The van der Waals surface area contributed by atoms with Gasteiger partial charge in [0.2, 0.25) is 5.91 Å². The van der Waals surface area contributed by atoms with Crippen LogP contribution in [0.3, 0.4) is 0 Å². The highest BCUT2D eigenvalue weighted by molar-refractivity contribution is 5.78. The van der Waals surface area contributed by atoms with Gasteiger partial charge in [-0.05, 0) is 30.4 Å². The van der Waals surface area contributed by atoms with Crippen molar-refractivity contribution >= 4 is 11.6 Å². The molecular weight excluding hydrogens is 252 g/mol. The first-order valence-corrected chi connectivity index (χ1v) is 7.33. The summed E-state index contributed by atoms with van der Waals surface area (Å²) in [6, 6.07) is 7.48. The predicted molar refractivity (Wildman–Crippen MR) is 80.5 cm³/mol. The minimum Gasteiger partial charge on any atom is -0.491 e. The van der Waals surface area contributed by atoms with Crippen molar-refractivity contribution in [3.63, 3.8) is 0 Å². The van der Waals surface area contributed by atoms with E-state index in [0.29, 0.717) is 30.6 Å². The Morgan fingerprint density at radius 2 is 2.15 bits per heavy atom. The molecule has 1 amide bonds. The maximum atomic E-state index is 11.9. The Bertz CT molecular complexity index is 460. The number of nitrogens with two attached hydrogens (primary N) is 1. The average Bonchev–Trinajstić information content (AvgIpc) is 2.78. The highest BCUT2D eigenvalue weighted by Crippen LogP contribution is 2.25. The number of ether oxygens (including phenoxy) is 1. The van der Waals surface area contributed by atoms with Crippen molar-refractivity contribution in [1.29, 1.82) is 0 Å². The van der Waals surface area contributed by atoms with E-state index in [9.17, 15) is 4.79 Å². The molecule has 0 aromatic heterocycles. The SMILES string of the molecule is CC(C)C1CC(=O)N(CCCOc2ccccc2N)C1. The lowest BCUT2D eigenvalue weighted by Crippen LogP contribution is -2.27. The molecule has 1 atom stereocenters. The van der Waals surface area contributed by atoms with Crippen molar-refractivity contribution in [2.45, 2.75) is 26.7 Å².